The highest BCUT2D eigenvalue weighted by molar-refractivity contribution is 6.05. The second-order valence-electron chi connectivity index (χ2n) is 6.56. The van der Waals surface area contributed by atoms with Gasteiger partial charge in [-0.15, -0.1) is 0 Å². The van der Waals surface area contributed by atoms with Gasteiger partial charge >= 0.3 is 5.97 Å². The summed E-state index contributed by atoms with van der Waals surface area (Å²) < 4.78 is 15.1. The number of aromatic nitrogens is 1. The summed E-state index contributed by atoms with van der Waals surface area (Å²) in [6, 6.07) is 13.3. The lowest BCUT2D eigenvalue weighted by Crippen LogP contribution is -2.21. The topological polar surface area (TPSA) is 120 Å². The molecule has 0 saturated carbocycles. The van der Waals surface area contributed by atoms with Crippen LogP contribution in [0.5, 0.6) is 5.75 Å². The maximum Gasteiger partial charge on any atom is 0.344 e. The number of ether oxygens (including phenoxy) is 2. The van der Waals surface area contributed by atoms with Crippen LogP contribution in [0.3, 0.4) is 0 Å². The summed E-state index contributed by atoms with van der Waals surface area (Å²) in [5.41, 5.74) is 2.00. The zero-order valence-corrected chi connectivity index (χ0v) is 17.2. The monoisotopic (exact) mass is 423 g/mol. The van der Waals surface area contributed by atoms with Gasteiger partial charge in [-0.3, -0.25) is 9.59 Å². The Balaban J connectivity index is 1.54. The quantitative estimate of drug-likeness (QED) is 0.559. The number of hydrogen-bond donors (Lipinski definition) is 2. The molecule has 0 saturated heterocycles. The van der Waals surface area contributed by atoms with Crippen molar-refractivity contribution < 1.29 is 28.4 Å². The molecule has 9 nitrogen and oxygen atoms in total. The Labute approximate surface area is 178 Å². The molecule has 3 rings (SSSR count). The van der Waals surface area contributed by atoms with Gasteiger partial charge in [-0.2, -0.15) is 0 Å². The van der Waals surface area contributed by atoms with Crippen LogP contribution in [-0.4, -0.2) is 36.7 Å². The minimum absolute atomic E-state index is 0.207. The lowest BCUT2D eigenvalue weighted by Gasteiger charge is -2.10. The molecule has 3 aromatic rings. The first kappa shape index (κ1) is 21.6. The minimum Gasteiger partial charge on any atom is -0.495 e. The molecule has 160 valence electrons. The van der Waals surface area contributed by atoms with E-state index in [-0.39, 0.29) is 11.5 Å². The Bertz CT molecular complexity index is 1090. The fourth-order valence-electron chi connectivity index (χ4n) is 2.82. The Morgan fingerprint density at radius 1 is 1.00 bits per heavy atom. The Hall–Kier alpha value is -4.14. The summed E-state index contributed by atoms with van der Waals surface area (Å²) in [7, 11) is 1.52. The second-order valence-corrected chi connectivity index (χ2v) is 6.56. The van der Waals surface area contributed by atoms with Gasteiger partial charge < -0.3 is 24.6 Å². The first-order valence-electron chi connectivity index (χ1n) is 9.33. The number of para-hydroxylation sites is 2. The second kappa shape index (κ2) is 9.57. The molecule has 2 amide bonds. The molecule has 0 bridgehead atoms. The minimum atomic E-state index is -0.685. The van der Waals surface area contributed by atoms with Gasteiger partial charge in [0.1, 0.15) is 17.1 Å². The first-order valence-corrected chi connectivity index (χ1v) is 9.33. The molecule has 0 unspecified atom stereocenters. The number of nitrogens with one attached hydrogen (secondary N) is 2. The molecule has 9 heteroatoms. The fourth-order valence-corrected chi connectivity index (χ4v) is 2.82. The van der Waals surface area contributed by atoms with Crippen molar-refractivity contribution in [2.24, 2.45) is 0 Å². The van der Waals surface area contributed by atoms with Crippen molar-refractivity contribution in [2.75, 3.05) is 24.4 Å². The van der Waals surface area contributed by atoms with Crippen molar-refractivity contribution >= 4 is 29.2 Å². The Morgan fingerprint density at radius 3 is 2.35 bits per heavy atom. The number of esters is 1. The summed E-state index contributed by atoms with van der Waals surface area (Å²) in [4.78, 5) is 36.6. The van der Waals surface area contributed by atoms with E-state index < -0.39 is 18.5 Å². The summed E-state index contributed by atoms with van der Waals surface area (Å²) in [6.07, 6.45) is 0. The van der Waals surface area contributed by atoms with Crippen molar-refractivity contribution in [1.82, 2.24) is 5.16 Å². The molecule has 0 aliphatic heterocycles. The highest BCUT2D eigenvalue weighted by atomic mass is 16.5. The van der Waals surface area contributed by atoms with Crippen molar-refractivity contribution in [3.05, 3.63) is 71.1 Å². The van der Waals surface area contributed by atoms with Gasteiger partial charge in [0.25, 0.3) is 11.8 Å². The van der Waals surface area contributed by atoms with Gasteiger partial charge in [-0.25, -0.2) is 4.79 Å². The molecule has 0 atom stereocenters. The van der Waals surface area contributed by atoms with Crippen LogP contribution >= 0.6 is 0 Å². The van der Waals surface area contributed by atoms with Crippen molar-refractivity contribution in [2.45, 2.75) is 13.8 Å². The standard InChI is InChI=1S/C22H21N3O6/c1-13-20(14(2)31-25-13)22(28)30-12-19(26)23-16-10-8-15(9-11-16)21(27)24-17-6-4-5-7-18(17)29-3/h4-11H,12H2,1-3H3,(H,23,26)(H,24,27). The molecule has 1 aromatic heterocycles. The molecule has 31 heavy (non-hydrogen) atoms. The zero-order valence-electron chi connectivity index (χ0n) is 17.2. The average Bonchev–Trinajstić information content (AvgIpc) is 3.11. The predicted molar refractivity (Wildman–Crippen MR) is 112 cm³/mol. The SMILES string of the molecule is COc1ccccc1NC(=O)c1ccc(NC(=O)COC(=O)c2c(C)noc2C)cc1. The number of methoxy groups -OCH3 is 1. The zero-order chi connectivity index (χ0) is 22.4. The summed E-state index contributed by atoms with van der Waals surface area (Å²) in [5, 5.41) is 9.05. The smallest absolute Gasteiger partial charge is 0.344 e. The number of carbonyl (C=O) groups is 3. The fraction of sp³-hybridized carbons (Fsp3) is 0.182. The highest BCUT2D eigenvalue weighted by Gasteiger charge is 2.20. The number of nitrogens with zero attached hydrogens (tertiary/aromatic N) is 1. The third kappa shape index (κ3) is 5.27. The lowest BCUT2D eigenvalue weighted by atomic mass is 10.2. The van der Waals surface area contributed by atoms with E-state index in [1.807, 2.05) is 0 Å². The van der Waals surface area contributed by atoms with E-state index in [1.54, 1.807) is 62.4 Å². The molecule has 0 radical (unpaired) electrons. The van der Waals surface area contributed by atoms with E-state index in [1.165, 1.54) is 7.11 Å². The third-order valence-corrected chi connectivity index (χ3v) is 4.36. The molecule has 2 N–H and O–H groups in total. The van der Waals surface area contributed by atoms with E-state index in [4.69, 9.17) is 14.0 Å². The van der Waals surface area contributed by atoms with Crippen LogP contribution in [-0.2, 0) is 9.53 Å². The number of aryl methyl sites for hydroxylation is 2. The molecule has 0 fully saturated rings. The number of benzene rings is 2. The predicted octanol–water partition coefficient (Wildman–Crippen LogP) is 3.35. The molecule has 1 heterocycles. The summed E-state index contributed by atoms with van der Waals surface area (Å²) in [6.45, 7) is 2.72. The van der Waals surface area contributed by atoms with Gasteiger partial charge in [0.15, 0.2) is 6.61 Å². The van der Waals surface area contributed by atoms with Gasteiger partial charge in [0, 0.05) is 11.3 Å². The number of amides is 2. The van der Waals surface area contributed by atoms with Crippen LogP contribution < -0.4 is 15.4 Å². The van der Waals surface area contributed by atoms with Gasteiger partial charge in [-0.1, -0.05) is 17.3 Å². The summed E-state index contributed by atoms with van der Waals surface area (Å²) in [5.74, 6) is -0.660. The molecule has 0 aliphatic rings. The van der Waals surface area contributed by atoms with Crippen LogP contribution in [0.2, 0.25) is 0 Å². The maximum atomic E-state index is 12.4. The van der Waals surface area contributed by atoms with Crippen LogP contribution in [0, 0.1) is 13.8 Å². The molecular weight excluding hydrogens is 402 g/mol. The van der Waals surface area contributed by atoms with Crippen LogP contribution in [0.1, 0.15) is 32.2 Å². The van der Waals surface area contributed by atoms with E-state index >= 15 is 0 Å². The molecular formula is C22H21N3O6. The van der Waals surface area contributed by atoms with Gasteiger partial charge in [0.2, 0.25) is 0 Å². The summed E-state index contributed by atoms with van der Waals surface area (Å²) >= 11 is 0. The number of anilines is 2. The van der Waals surface area contributed by atoms with E-state index in [0.717, 1.165) is 0 Å². The third-order valence-electron chi connectivity index (χ3n) is 4.36. The van der Waals surface area contributed by atoms with Crippen LogP contribution in [0.15, 0.2) is 53.1 Å². The molecule has 2 aromatic carbocycles. The van der Waals surface area contributed by atoms with Crippen molar-refractivity contribution in [3.63, 3.8) is 0 Å². The van der Waals surface area contributed by atoms with E-state index in [9.17, 15) is 14.4 Å². The molecule has 0 spiro atoms. The largest absolute Gasteiger partial charge is 0.495 e. The Morgan fingerprint density at radius 2 is 1.71 bits per heavy atom. The lowest BCUT2D eigenvalue weighted by molar-refractivity contribution is -0.119. The maximum absolute atomic E-state index is 12.4. The molecule has 0 aliphatic carbocycles. The average molecular weight is 423 g/mol. The van der Waals surface area contributed by atoms with Crippen LogP contribution in [0.4, 0.5) is 11.4 Å². The van der Waals surface area contributed by atoms with E-state index in [0.29, 0.717) is 34.1 Å². The highest BCUT2D eigenvalue weighted by Crippen LogP contribution is 2.24. The number of hydrogen-bond acceptors (Lipinski definition) is 7. The van der Waals surface area contributed by atoms with E-state index in [2.05, 4.69) is 15.8 Å². The number of carbonyl (C=O) groups excluding carboxylic acids is 3. The number of rotatable bonds is 7. The van der Waals surface area contributed by atoms with Crippen molar-refractivity contribution in [1.29, 1.82) is 0 Å². The van der Waals surface area contributed by atoms with Gasteiger partial charge in [-0.05, 0) is 50.2 Å². The van der Waals surface area contributed by atoms with Gasteiger partial charge in [0.05, 0.1) is 18.5 Å². The normalized spacial score (nSPS) is 10.3. The first-order chi connectivity index (χ1) is 14.9. The van der Waals surface area contributed by atoms with Crippen molar-refractivity contribution in [3.8, 4) is 5.75 Å². The van der Waals surface area contributed by atoms with Crippen LogP contribution in [0.25, 0.3) is 0 Å². The Kier molecular flexibility index (Phi) is 6.66.